The maximum absolute atomic E-state index is 11.8. The van der Waals surface area contributed by atoms with E-state index in [4.69, 9.17) is 4.74 Å². The zero-order valence-corrected chi connectivity index (χ0v) is 13.9. The summed E-state index contributed by atoms with van der Waals surface area (Å²) in [6.07, 6.45) is 0.0537. The number of aliphatic hydroxyl groups is 1. The number of ether oxygens (including phenoxy) is 1. The van der Waals surface area contributed by atoms with Crippen molar-refractivity contribution in [3.05, 3.63) is 29.8 Å². The van der Waals surface area contributed by atoms with E-state index in [1.165, 1.54) is 5.56 Å². The van der Waals surface area contributed by atoms with Crippen LogP contribution in [-0.2, 0) is 4.79 Å². The minimum absolute atomic E-state index is 0. The Bertz CT molecular complexity index is 482. The number of benzene rings is 1. The third-order valence-electron chi connectivity index (χ3n) is 3.62. The van der Waals surface area contributed by atoms with Gasteiger partial charge in [-0.15, -0.1) is 12.4 Å². The van der Waals surface area contributed by atoms with Gasteiger partial charge < -0.3 is 20.5 Å². The fourth-order valence-corrected chi connectivity index (χ4v) is 2.46. The smallest absolute Gasteiger partial charge is 0.237 e. The molecule has 0 spiro atoms. The molecule has 1 heterocycles. The van der Waals surface area contributed by atoms with Gasteiger partial charge in [-0.25, -0.2) is 0 Å². The van der Waals surface area contributed by atoms with Crippen LogP contribution in [0.3, 0.4) is 0 Å². The Balaban J connectivity index is 0.00000242. The quantitative estimate of drug-likeness (QED) is 0.691. The lowest BCUT2D eigenvalue weighted by Gasteiger charge is -2.15. The lowest BCUT2D eigenvalue weighted by Crippen LogP contribution is -2.41. The van der Waals surface area contributed by atoms with Crippen LogP contribution in [0.15, 0.2) is 24.3 Å². The molecule has 1 aliphatic rings. The number of carbonyl (C=O) groups is 1. The first kappa shape index (κ1) is 18.7. The van der Waals surface area contributed by atoms with E-state index in [1.54, 1.807) is 0 Å². The number of halogens is 1. The van der Waals surface area contributed by atoms with Gasteiger partial charge in [-0.05, 0) is 24.0 Å². The maximum atomic E-state index is 11.8. The fourth-order valence-electron chi connectivity index (χ4n) is 2.46. The highest BCUT2D eigenvalue weighted by molar-refractivity contribution is 5.85. The Morgan fingerprint density at radius 3 is 2.82 bits per heavy atom. The minimum atomic E-state index is -0.421. The molecule has 1 fully saturated rings. The van der Waals surface area contributed by atoms with E-state index in [0.717, 1.165) is 5.75 Å². The van der Waals surface area contributed by atoms with Crippen LogP contribution in [-0.4, -0.2) is 42.9 Å². The summed E-state index contributed by atoms with van der Waals surface area (Å²) in [5.41, 5.74) is 1.17. The number of rotatable bonds is 6. The zero-order chi connectivity index (χ0) is 15.2. The predicted molar refractivity (Wildman–Crippen MR) is 88.7 cm³/mol. The number of carbonyl (C=O) groups excluding carboxylic acids is 1. The minimum Gasteiger partial charge on any atom is -0.491 e. The molecule has 1 aromatic rings. The second kappa shape index (κ2) is 8.98. The van der Waals surface area contributed by atoms with Gasteiger partial charge in [0.1, 0.15) is 12.4 Å². The van der Waals surface area contributed by atoms with Crippen LogP contribution in [0, 0.1) is 0 Å². The van der Waals surface area contributed by atoms with E-state index in [9.17, 15) is 9.90 Å². The Morgan fingerprint density at radius 2 is 2.18 bits per heavy atom. The molecule has 0 bridgehead atoms. The van der Waals surface area contributed by atoms with Crippen LogP contribution in [0.25, 0.3) is 0 Å². The summed E-state index contributed by atoms with van der Waals surface area (Å²) in [5, 5.41) is 15.2. The summed E-state index contributed by atoms with van der Waals surface area (Å²) in [6, 6.07) is 7.67. The third kappa shape index (κ3) is 5.16. The largest absolute Gasteiger partial charge is 0.491 e. The molecule has 2 rings (SSSR count). The standard InChI is InChI=1S/C16H24N2O3.ClH/c1-11(2)13-5-3-4-6-15(13)21-8-7-17-16(20)14-9-12(19)10-18-14;/h3-6,11-12,14,18-19H,7-10H2,1-2H3,(H,17,20);1H. The Hall–Kier alpha value is -1.30. The van der Waals surface area contributed by atoms with Gasteiger partial charge in [-0.1, -0.05) is 32.0 Å². The number of aliphatic hydroxyl groups excluding tert-OH is 1. The van der Waals surface area contributed by atoms with Crippen molar-refractivity contribution in [2.24, 2.45) is 0 Å². The van der Waals surface area contributed by atoms with E-state index in [-0.39, 0.29) is 24.4 Å². The molecule has 5 nitrogen and oxygen atoms in total. The van der Waals surface area contributed by atoms with Gasteiger partial charge in [0.15, 0.2) is 0 Å². The van der Waals surface area contributed by atoms with Gasteiger partial charge in [-0.3, -0.25) is 4.79 Å². The van der Waals surface area contributed by atoms with Gasteiger partial charge >= 0.3 is 0 Å². The van der Waals surface area contributed by atoms with Crippen LogP contribution in [0.5, 0.6) is 5.75 Å². The van der Waals surface area contributed by atoms with Crippen molar-refractivity contribution in [2.45, 2.75) is 38.3 Å². The molecule has 1 aliphatic heterocycles. The summed E-state index contributed by atoms with van der Waals surface area (Å²) >= 11 is 0. The topological polar surface area (TPSA) is 70.6 Å². The van der Waals surface area contributed by atoms with E-state index in [2.05, 4.69) is 30.5 Å². The molecule has 0 aliphatic carbocycles. The molecular formula is C16H25ClN2O3. The molecule has 1 saturated heterocycles. The monoisotopic (exact) mass is 328 g/mol. The van der Waals surface area contributed by atoms with E-state index >= 15 is 0 Å². The molecule has 6 heteroatoms. The first-order chi connectivity index (χ1) is 10.1. The molecule has 0 saturated carbocycles. The van der Waals surface area contributed by atoms with Gasteiger partial charge in [0.2, 0.25) is 5.91 Å². The Labute approximate surface area is 137 Å². The van der Waals surface area contributed by atoms with E-state index in [0.29, 0.717) is 32.0 Å². The second-order valence-corrected chi connectivity index (χ2v) is 5.68. The molecule has 0 aromatic heterocycles. The predicted octanol–water partition coefficient (Wildman–Crippen LogP) is 1.45. The summed E-state index contributed by atoms with van der Waals surface area (Å²) < 4.78 is 5.75. The average Bonchev–Trinajstić information content (AvgIpc) is 2.90. The number of hydrogen-bond acceptors (Lipinski definition) is 4. The molecule has 0 radical (unpaired) electrons. The Morgan fingerprint density at radius 1 is 1.45 bits per heavy atom. The second-order valence-electron chi connectivity index (χ2n) is 5.68. The van der Waals surface area contributed by atoms with Gasteiger partial charge in [0, 0.05) is 6.54 Å². The average molecular weight is 329 g/mol. The van der Waals surface area contributed by atoms with E-state index < -0.39 is 6.10 Å². The van der Waals surface area contributed by atoms with Crippen molar-refractivity contribution in [3.8, 4) is 5.75 Å². The highest BCUT2D eigenvalue weighted by atomic mass is 35.5. The maximum Gasteiger partial charge on any atom is 0.237 e. The highest BCUT2D eigenvalue weighted by Crippen LogP contribution is 2.25. The van der Waals surface area contributed by atoms with Crippen molar-refractivity contribution < 1.29 is 14.6 Å². The summed E-state index contributed by atoms with van der Waals surface area (Å²) in [4.78, 5) is 11.8. The number of β-amino-alcohol motifs (C(OH)–C–C–N with tert-alkyl or cyclic N) is 1. The van der Waals surface area contributed by atoms with Gasteiger partial charge in [-0.2, -0.15) is 0 Å². The molecule has 2 atom stereocenters. The van der Waals surface area contributed by atoms with Crippen molar-refractivity contribution in [2.75, 3.05) is 19.7 Å². The normalized spacial score (nSPS) is 20.5. The van der Waals surface area contributed by atoms with Crippen LogP contribution in [0.4, 0.5) is 0 Å². The first-order valence-electron chi connectivity index (χ1n) is 7.49. The van der Waals surface area contributed by atoms with Crippen molar-refractivity contribution in [3.63, 3.8) is 0 Å². The third-order valence-corrected chi connectivity index (χ3v) is 3.62. The molecule has 2 unspecified atom stereocenters. The van der Waals surface area contributed by atoms with Crippen molar-refractivity contribution in [1.82, 2.24) is 10.6 Å². The van der Waals surface area contributed by atoms with E-state index in [1.807, 2.05) is 18.2 Å². The Kier molecular flexibility index (Phi) is 7.65. The summed E-state index contributed by atoms with van der Waals surface area (Å²) in [7, 11) is 0. The van der Waals surface area contributed by atoms with Crippen LogP contribution in [0.1, 0.15) is 31.7 Å². The van der Waals surface area contributed by atoms with Gasteiger partial charge in [0.05, 0.1) is 18.7 Å². The molecule has 1 aromatic carbocycles. The number of nitrogens with one attached hydrogen (secondary N) is 2. The van der Waals surface area contributed by atoms with Crippen molar-refractivity contribution in [1.29, 1.82) is 0 Å². The lowest BCUT2D eigenvalue weighted by atomic mass is 10.0. The summed E-state index contributed by atoms with van der Waals surface area (Å²) in [6.45, 7) is 5.63. The highest BCUT2D eigenvalue weighted by Gasteiger charge is 2.27. The molecule has 1 amide bonds. The lowest BCUT2D eigenvalue weighted by molar-refractivity contribution is -0.123. The molecular weight excluding hydrogens is 304 g/mol. The van der Waals surface area contributed by atoms with Crippen LogP contribution < -0.4 is 15.4 Å². The first-order valence-corrected chi connectivity index (χ1v) is 7.49. The van der Waals surface area contributed by atoms with Crippen molar-refractivity contribution >= 4 is 18.3 Å². The molecule has 22 heavy (non-hydrogen) atoms. The molecule has 3 N–H and O–H groups in total. The number of hydrogen-bond donors (Lipinski definition) is 3. The van der Waals surface area contributed by atoms with Gasteiger partial charge in [0.25, 0.3) is 0 Å². The zero-order valence-electron chi connectivity index (χ0n) is 13.0. The molecule has 124 valence electrons. The van der Waals surface area contributed by atoms with Crippen LogP contribution >= 0.6 is 12.4 Å². The SMILES string of the molecule is CC(C)c1ccccc1OCCNC(=O)C1CC(O)CN1.Cl. The van der Waals surface area contributed by atoms with Crippen LogP contribution in [0.2, 0.25) is 0 Å². The number of amides is 1. The summed E-state index contributed by atoms with van der Waals surface area (Å²) in [5.74, 6) is 1.20. The number of para-hydroxylation sites is 1. The fraction of sp³-hybridized carbons (Fsp3) is 0.562.